The van der Waals surface area contributed by atoms with Crippen LogP contribution in [0.15, 0.2) is 18.2 Å². The van der Waals surface area contributed by atoms with Crippen LogP contribution in [0.25, 0.3) is 10.9 Å². The van der Waals surface area contributed by atoms with Gasteiger partial charge in [0.05, 0.1) is 5.52 Å². The summed E-state index contributed by atoms with van der Waals surface area (Å²) in [5.41, 5.74) is 5.81. The highest BCUT2D eigenvalue weighted by Crippen LogP contribution is 2.20. The van der Waals surface area contributed by atoms with Gasteiger partial charge in [-0.3, -0.25) is 0 Å². The summed E-state index contributed by atoms with van der Waals surface area (Å²) in [5.74, 6) is 0.119. The van der Waals surface area contributed by atoms with Gasteiger partial charge in [0.2, 0.25) is 0 Å². The molecule has 20 heavy (non-hydrogen) atoms. The van der Waals surface area contributed by atoms with Gasteiger partial charge in [-0.05, 0) is 38.4 Å². The molecule has 0 radical (unpaired) electrons. The van der Waals surface area contributed by atoms with Crippen molar-refractivity contribution < 1.29 is 19.6 Å². The van der Waals surface area contributed by atoms with Crippen molar-refractivity contribution in [3.8, 4) is 0 Å². The topological polar surface area (TPSA) is 111 Å². The molecule has 0 amide bonds. The fraction of sp³-hybridized carbons (Fsp3) is 0.333. The number of nitrogens with two attached hydrogens (primary N) is 1. The highest BCUT2D eigenvalue weighted by Gasteiger charge is 2.22. The lowest BCUT2D eigenvalue weighted by Gasteiger charge is -2.19. The number of hydrogen-bond donors (Lipinski definition) is 3. The Kier molecular flexibility index (Phi) is 3.45. The van der Waals surface area contributed by atoms with E-state index in [0.717, 1.165) is 4.68 Å². The number of carbonyl (C=O) groups is 1. The van der Waals surface area contributed by atoms with Gasteiger partial charge in [0.1, 0.15) is 5.60 Å². The normalized spacial score (nSPS) is 11.7. The standard InChI is InChI=1S/C12H16BN3O4/c1-12(2,3)20-11(17)16-9-5-4-7(13(18)19)6-8(9)10(14)15-16/h4-6,18-19H,1-3H3,(H2,14,15). The molecule has 2 rings (SSSR count). The Bertz CT molecular complexity index is 661. The molecular formula is C12H16BN3O4. The zero-order valence-electron chi connectivity index (χ0n) is 11.5. The van der Waals surface area contributed by atoms with E-state index in [1.165, 1.54) is 18.2 Å². The minimum Gasteiger partial charge on any atom is -0.442 e. The van der Waals surface area contributed by atoms with Crippen LogP contribution in [-0.2, 0) is 4.74 Å². The maximum atomic E-state index is 12.0. The SMILES string of the molecule is CC(C)(C)OC(=O)n1nc(N)c2cc(B(O)O)ccc21. The lowest BCUT2D eigenvalue weighted by atomic mass is 9.80. The summed E-state index contributed by atoms with van der Waals surface area (Å²) in [6.45, 7) is 5.25. The van der Waals surface area contributed by atoms with E-state index in [2.05, 4.69) is 5.10 Å². The van der Waals surface area contributed by atoms with E-state index in [9.17, 15) is 4.79 Å². The number of ether oxygens (including phenoxy) is 1. The fourth-order valence-corrected chi connectivity index (χ4v) is 1.76. The predicted octanol–water partition coefficient (Wildman–Crippen LogP) is 0.0815. The van der Waals surface area contributed by atoms with Crippen molar-refractivity contribution in [1.29, 1.82) is 0 Å². The quantitative estimate of drug-likeness (QED) is 0.637. The second-order valence-electron chi connectivity index (χ2n) is 5.43. The van der Waals surface area contributed by atoms with Crippen LogP contribution in [-0.4, -0.2) is 38.6 Å². The van der Waals surface area contributed by atoms with E-state index in [-0.39, 0.29) is 11.3 Å². The molecule has 4 N–H and O–H groups in total. The zero-order valence-corrected chi connectivity index (χ0v) is 11.5. The third kappa shape index (κ3) is 2.76. The van der Waals surface area contributed by atoms with E-state index in [1.54, 1.807) is 20.8 Å². The van der Waals surface area contributed by atoms with Crippen LogP contribution in [0.1, 0.15) is 20.8 Å². The van der Waals surface area contributed by atoms with Crippen molar-refractivity contribution in [2.45, 2.75) is 26.4 Å². The molecule has 106 valence electrons. The van der Waals surface area contributed by atoms with Crippen LogP contribution >= 0.6 is 0 Å². The monoisotopic (exact) mass is 277 g/mol. The van der Waals surface area contributed by atoms with Crippen LogP contribution in [0.5, 0.6) is 0 Å². The first-order valence-electron chi connectivity index (χ1n) is 6.06. The Morgan fingerprint density at radius 2 is 2.05 bits per heavy atom. The number of anilines is 1. The lowest BCUT2D eigenvalue weighted by Crippen LogP contribution is -2.29. The number of aromatic nitrogens is 2. The molecule has 0 aliphatic carbocycles. The second-order valence-corrected chi connectivity index (χ2v) is 5.43. The van der Waals surface area contributed by atoms with E-state index < -0.39 is 18.8 Å². The van der Waals surface area contributed by atoms with Gasteiger partial charge in [-0.1, -0.05) is 6.07 Å². The van der Waals surface area contributed by atoms with Crippen molar-refractivity contribution in [3.05, 3.63) is 18.2 Å². The smallest absolute Gasteiger partial charge is 0.442 e. The maximum Gasteiger partial charge on any atom is 0.488 e. The number of rotatable bonds is 1. The van der Waals surface area contributed by atoms with Gasteiger partial charge in [-0.25, -0.2) is 4.79 Å². The average molecular weight is 277 g/mol. The van der Waals surface area contributed by atoms with E-state index in [0.29, 0.717) is 10.9 Å². The summed E-state index contributed by atoms with van der Waals surface area (Å²) in [5, 5.41) is 22.7. The Hall–Kier alpha value is -2.06. The molecule has 0 atom stereocenters. The molecule has 1 heterocycles. The van der Waals surface area contributed by atoms with Crippen LogP contribution < -0.4 is 11.2 Å². The maximum absolute atomic E-state index is 12.0. The first-order valence-corrected chi connectivity index (χ1v) is 6.06. The average Bonchev–Trinajstić information content (AvgIpc) is 2.64. The van der Waals surface area contributed by atoms with Crippen LogP contribution in [0, 0.1) is 0 Å². The Labute approximate surface area is 116 Å². The first kappa shape index (κ1) is 14.4. The summed E-state index contributed by atoms with van der Waals surface area (Å²) in [6, 6.07) is 4.50. The third-order valence-corrected chi connectivity index (χ3v) is 2.60. The molecule has 0 bridgehead atoms. The van der Waals surface area contributed by atoms with Crippen molar-refractivity contribution in [3.63, 3.8) is 0 Å². The molecule has 7 nitrogen and oxygen atoms in total. The van der Waals surface area contributed by atoms with Gasteiger partial charge in [0, 0.05) is 5.39 Å². The van der Waals surface area contributed by atoms with Gasteiger partial charge in [0.25, 0.3) is 0 Å². The number of benzene rings is 1. The molecule has 0 aliphatic rings. The van der Waals surface area contributed by atoms with E-state index in [4.69, 9.17) is 20.5 Å². The number of nitrogen functional groups attached to an aromatic ring is 1. The summed E-state index contributed by atoms with van der Waals surface area (Å²) in [4.78, 5) is 12.0. The highest BCUT2D eigenvalue weighted by molar-refractivity contribution is 6.59. The molecule has 0 spiro atoms. The van der Waals surface area contributed by atoms with Gasteiger partial charge >= 0.3 is 13.2 Å². The molecular weight excluding hydrogens is 261 g/mol. The van der Waals surface area contributed by atoms with Gasteiger partial charge < -0.3 is 20.5 Å². The Morgan fingerprint density at radius 3 is 2.60 bits per heavy atom. The predicted molar refractivity (Wildman–Crippen MR) is 75.6 cm³/mol. The van der Waals surface area contributed by atoms with Crippen molar-refractivity contribution in [1.82, 2.24) is 9.78 Å². The van der Waals surface area contributed by atoms with Gasteiger partial charge in [-0.2, -0.15) is 4.68 Å². The third-order valence-electron chi connectivity index (χ3n) is 2.60. The molecule has 0 saturated heterocycles. The molecule has 2 aromatic rings. The van der Waals surface area contributed by atoms with Gasteiger partial charge in [0.15, 0.2) is 5.82 Å². The summed E-state index contributed by atoms with van der Waals surface area (Å²) in [6.07, 6.45) is -0.642. The minimum absolute atomic E-state index is 0.119. The Morgan fingerprint density at radius 1 is 1.40 bits per heavy atom. The van der Waals surface area contributed by atoms with Crippen LogP contribution in [0.2, 0.25) is 0 Å². The summed E-state index contributed by atoms with van der Waals surface area (Å²) in [7, 11) is -1.61. The van der Waals surface area contributed by atoms with Crippen LogP contribution in [0.3, 0.4) is 0 Å². The van der Waals surface area contributed by atoms with Crippen molar-refractivity contribution >= 4 is 35.4 Å². The fourth-order valence-electron chi connectivity index (χ4n) is 1.76. The summed E-state index contributed by atoms with van der Waals surface area (Å²) < 4.78 is 6.29. The van der Waals surface area contributed by atoms with E-state index in [1.807, 2.05) is 0 Å². The lowest BCUT2D eigenvalue weighted by molar-refractivity contribution is 0.0523. The molecule has 0 unspecified atom stereocenters. The second kappa shape index (κ2) is 4.80. The van der Waals surface area contributed by atoms with E-state index >= 15 is 0 Å². The number of carbonyl (C=O) groups excluding carboxylic acids is 1. The van der Waals surface area contributed by atoms with Crippen molar-refractivity contribution in [2.24, 2.45) is 0 Å². The molecule has 1 aromatic carbocycles. The minimum atomic E-state index is -1.61. The van der Waals surface area contributed by atoms with Gasteiger partial charge in [-0.15, -0.1) is 5.10 Å². The zero-order chi connectivity index (χ0) is 15.1. The molecule has 8 heteroatoms. The van der Waals surface area contributed by atoms with Crippen LogP contribution in [0.4, 0.5) is 10.6 Å². The molecule has 0 fully saturated rings. The first-order chi connectivity index (χ1) is 9.19. The number of hydrogen-bond acceptors (Lipinski definition) is 6. The molecule has 1 aromatic heterocycles. The number of nitrogens with zero attached hydrogens (tertiary/aromatic N) is 2. The molecule has 0 saturated carbocycles. The van der Waals surface area contributed by atoms with Crippen molar-refractivity contribution in [2.75, 3.05) is 5.73 Å². The highest BCUT2D eigenvalue weighted by atomic mass is 16.6. The number of fused-ring (bicyclic) bond motifs is 1. The Balaban J connectivity index is 2.49. The largest absolute Gasteiger partial charge is 0.488 e. The summed E-state index contributed by atoms with van der Waals surface area (Å²) >= 11 is 0. The molecule has 0 aliphatic heterocycles.